The fourth-order valence-corrected chi connectivity index (χ4v) is 0.849. The van der Waals surface area contributed by atoms with Crippen LogP contribution in [0, 0.1) is 5.92 Å². The molecule has 0 aromatic rings. The van der Waals surface area contributed by atoms with Crippen LogP contribution in [0.5, 0.6) is 0 Å². The van der Waals surface area contributed by atoms with Gasteiger partial charge in [-0.1, -0.05) is 6.92 Å². The predicted octanol–water partition coefficient (Wildman–Crippen LogP) is 1.69. The Balaban J connectivity index is 3.66. The molecule has 0 saturated carbocycles. The zero-order valence-electron chi connectivity index (χ0n) is 6.92. The van der Waals surface area contributed by atoms with Crippen molar-refractivity contribution in [3.8, 4) is 0 Å². The van der Waals surface area contributed by atoms with E-state index in [9.17, 15) is 4.79 Å². The molecular formula is C8H15NO. The third-order valence-corrected chi connectivity index (χ3v) is 1.28. The summed E-state index contributed by atoms with van der Waals surface area (Å²) < 4.78 is 0. The van der Waals surface area contributed by atoms with Crippen LogP contribution < -0.4 is 0 Å². The van der Waals surface area contributed by atoms with Gasteiger partial charge in [0.1, 0.15) is 6.29 Å². The molecule has 0 aromatic carbocycles. The molecule has 0 saturated heterocycles. The summed E-state index contributed by atoms with van der Waals surface area (Å²) >= 11 is 0. The van der Waals surface area contributed by atoms with E-state index in [2.05, 4.69) is 4.99 Å². The number of nitrogens with zero attached hydrogens (tertiary/aromatic N) is 1. The Bertz CT molecular complexity index is 129. The number of hydrogen-bond acceptors (Lipinski definition) is 2. The molecule has 0 spiro atoms. The van der Waals surface area contributed by atoms with E-state index in [0.717, 1.165) is 25.0 Å². The Morgan fingerprint density at radius 2 is 2.30 bits per heavy atom. The van der Waals surface area contributed by atoms with Crippen LogP contribution in [0.1, 0.15) is 27.2 Å². The topological polar surface area (TPSA) is 29.4 Å². The van der Waals surface area contributed by atoms with Crippen molar-refractivity contribution in [1.82, 2.24) is 0 Å². The van der Waals surface area contributed by atoms with Gasteiger partial charge in [-0.25, -0.2) is 0 Å². The molecule has 2 heteroatoms. The summed E-state index contributed by atoms with van der Waals surface area (Å²) in [6, 6.07) is 0. The molecular weight excluding hydrogens is 126 g/mol. The van der Waals surface area contributed by atoms with Gasteiger partial charge in [0.25, 0.3) is 0 Å². The second-order valence-corrected chi connectivity index (χ2v) is 2.53. The summed E-state index contributed by atoms with van der Waals surface area (Å²) in [6.45, 7) is 6.68. The van der Waals surface area contributed by atoms with Crippen LogP contribution in [0.2, 0.25) is 0 Å². The molecule has 0 N–H and O–H groups in total. The smallest absolute Gasteiger partial charge is 0.123 e. The average molecular weight is 141 g/mol. The van der Waals surface area contributed by atoms with Crippen molar-refractivity contribution < 1.29 is 4.79 Å². The molecule has 0 aromatic heterocycles. The summed E-state index contributed by atoms with van der Waals surface area (Å²) in [4.78, 5) is 14.4. The van der Waals surface area contributed by atoms with Gasteiger partial charge in [-0.05, 0) is 20.3 Å². The van der Waals surface area contributed by atoms with Crippen molar-refractivity contribution in [2.45, 2.75) is 27.2 Å². The number of carbonyl (C=O) groups excluding carboxylic acids is 1. The lowest BCUT2D eigenvalue weighted by Gasteiger charge is -2.00. The maximum absolute atomic E-state index is 10.2. The van der Waals surface area contributed by atoms with E-state index in [1.54, 1.807) is 0 Å². The summed E-state index contributed by atoms with van der Waals surface area (Å²) in [5.41, 5.74) is 1.07. The normalized spacial score (nSPS) is 14.9. The van der Waals surface area contributed by atoms with Crippen LogP contribution in [0.15, 0.2) is 4.99 Å². The molecule has 0 rings (SSSR count). The molecule has 0 aliphatic rings. The average Bonchev–Trinajstić information content (AvgIpc) is 1.88. The van der Waals surface area contributed by atoms with Crippen molar-refractivity contribution in [3.63, 3.8) is 0 Å². The lowest BCUT2D eigenvalue weighted by Crippen LogP contribution is -2.03. The monoisotopic (exact) mass is 141 g/mol. The number of carbonyl (C=O) groups is 1. The summed E-state index contributed by atoms with van der Waals surface area (Å²) in [7, 11) is 0. The second-order valence-electron chi connectivity index (χ2n) is 2.53. The fraction of sp³-hybridized carbons (Fsp3) is 0.750. The number of aldehydes is 1. The van der Waals surface area contributed by atoms with Crippen LogP contribution in [0.25, 0.3) is 0 Å². The highest BCUT2D eigenvalue weighted by atomic mass is 16.1. The minimum Gasteiger partial charge on any atom is -0.303 e. The van der Waals surface area contributed by atoms with Crippen LogP contribution in [-0.2, 0) is 4.79 Å². The van der Waals surface area contributed by atoms with E-state index in [0.29, 0.717) is 0 Å². The molecule has 0 aliphatic heterocycles. The molecule has 0 bridgehead atoms. The van der Waals surface area contributed by atoms with Gasteiger partial charge in [-0.15, -0.1) is 0 Å². The van der Waals surface area contributed by atoms with Crippen molar-refractivity contribution in [1.29, 1.82) is 0 Å². The van der Waals surface area contributed by atoms with Crippen LogP contribution >= 0.6 is 0 Å². The zero-order valence-corrected chi connectivity index (χ0v) is 6.92. The molecule has 58 valence electrons. The first-order chi connectivity index (χ1) is 4.70. The maximum atomic E-state index is 10.2. The third kappa shape index (κ3) is 4.24. The van der Waals surface area contributed by atoms with Gasteiger partial charge in [-0.2, -0.15) is 0 Å². The molecule has 2 nitrogen and oxygen atoms in total. The fourth-order valence-electron chi connectivity index (χ4n) is 0.849. The zero-order chi connectivity index (χ0) is 7.98. The summed E-state index contributed by atoms with van der Waals surface area (Å²) in [5.74, 6) is 0.121. The maximum Gasteiger partial charge on any atom is 0.123 e. The standard InChI is InChI=1S/C8H15NO/c1-4-9-8(3)5-7(2)6-10/h6-7H,4-5H2,1-3H3. The second kappa shape index (κ2) is 5.15. The number of rotatable bonds is 4. The Morgan fingerprint density at radius 1 is 1.70 bits per heavy atom. The van der Waals surface area contributed by atoms with Gasteiger partial charge in [0.05, 0.1) is 0 Å². The highest BCUT2D eigenvalue weighted by Gasteiger charge is 1.99. The van der Waals surface area contributed by atoms with E-state index in [4.69, 9.17) is 0 Å². The lowest BCUT2D eigenvalue weighted by molar-refractivity contribution is -0.110. The van der Waals surface area contributed by atoms with Crippen molar-refractivity contribution in [2.75, 3.05) is 6.54 Å². The van der Waals surface area contributed by atoms with Gasteiger partial charge in [-0.3, -0.25) is 4.99 Å². The summed E-state index contributed by atoms with van der Waals surface area (Å²) in [6.07, 6.45) is 1.77. The van der Waals surface area contributed by atoms with Gasteiger partial charge in [0, 0.05) is 18.2 Å². The molecule has 1 unspecified atom stereocenters. The van der Waals surface area contributed by atoms with Gasteiger partial charge < -0.3 is 4.79 Å². The third-order valence-electron chi connectivity index (χ3n) is 1.28. The molecule has 0 heterocycles. The van der Waals surface area contributed by atoms with Crippen molar-refractivity contribution >= 4 is 12.0 Å². The Morgan fingerprint density at radius 3 is 2.70 bits per heavy atom. The van der Waals surface area contributed by atoms with E-state index in [1.807, 2.05) is 20.8 Å². The highest BCUT2D eigenvalue weighted by Crippen LogP contribution is 1.98. The predicted molar refractivity (Wildman–Crippen MR) is 43.5 cm³/mol. The molecule has 0 aliphatic carbocycles. The Kier molecular flexibility index (Phi) is 4.81. The lowest BCUT2D eigenvalue weighted by atomic mass is 10.1. The van der Waals surface area contributed by atoms with Crippen molar-refractivity contribution in [2.24, 2.45) is 10.9 Å². The molecule has 1 atom stereocenters. The Hall–Kier alpha value is -0.660. The van der Waals surface area contributed by atoms with Crippen LogP contribution in [0.3, 0.4) is 0 Å². The minimum atomic E-state index is 0.121. The Labute approximate surface area is 62.4 Å². The minimum absolute atomic E-state index is 0.121. The van der Waals surface area contributed by atoms with E-state index < -0.39 is 0 Å². The summed E-state index contributed by atoms with van der Waals surface area (Å²) in [5, 5.41) is 0. The van der Waals surface area contributed by atoms with Crippen LogP contribution in [0.4, 0.5) is 0 Å². The van der Waals surface area contributed by atoms with Gasteiger partial charge >= 0.3 is 0 Å². The molecule has 10 heavy (non-hydrogen) atoms. The van der Waals surface area contributed by atoms with Crippen LogP contribution in [-0.4, -0.2) is 18.5 Å². The highest BCUT2D eigenvalue weighted by molar-refractivity contribution is 5.84. The van der Waals surface area contributed by atoms with Gasteiger partial charge in [0.15, 0.2) is 0 Å². The molecule has 0 fully saturated rings. The quantitative estimate of drug-likeness (QED) is 0.432. The van der Waals surface area contributed by atoms with E-state index in [1.165, 1.54) is 0 Å². The molecule has 0 radical (unpaired) electrons. The largest absolute Gasteiger partial charge is 0.303 e. The number of hydrogen-bond donors (Lipinski definition) is 0. The first-order valence-electron chi connectivity index (χ1n) is 3.66. The SMILES string of the molecule is CCN=C(C)CC(C)C=O. The first-order valence-corrected chi connectivity index (χ1v) is 3.66. The first kappa shape index (κ1) is 9.34. The number of aliphatic imine (C=N–C) groups is 1. The van der Waals surface area contributed by atoms with Gasteiger partial charge in [0.2, 0.25) is 0 Å². The van der Waals surface area contributed by atoms with E-state index >= 15 is 0 Å². The van der Waals surface area contributed by atoms with E-state index in [-0.39, 0.29) is 5.92 Å². The molecule has 0 amide bonds. The van der Waals surface area contributed by atoms with Crippen molar-refractivity contribution in [3.05, 3.63) is 0 Å².